The minimum absolute atomic E-state index is 0.0362. The van der Waals surface area contributed by atoms with E-state index in [4.69, 9.17) is 15.9 Å². The molecule has 1 rings (SSSR count). The maximum atomic E-state index is 7.20. The van der Waals surface area contributed by atoms with E-state index in [9.17, 15) is 0 Å². The van der Waals surface area contributed by atoms with Gasteiger partial charge in [0.2, 0.25) is 5.88 Å². The van der Waals surface area contributed by atoms with E-state index in [2.05, 4.69) is 11.9 Å². The zero-order valence-corrected chi connectivity index (χ0v) is 8.29. The van der Waals surface area contributed by atoms with Crippen molar-refractivity contribution in [2.24, 2.45) is 5.73 Å². The molecule has 0 atom stereocenters. The van der Waals surface area contributed by atoms with Crippen LogP contribution in [0.3, 0.4) is 0 Å². The van der Waals surface area contributed by atoms with Crippen LogP contribution < -0.4 is 10.5 Å². The van der Waals surface area contributed by atoms with Crippen molar-refractivity contribution < 1.29 is 4.74 Å². The maximum Gasteiger partial charge on any atom is 0.213 e. The molecule has 4 nitrogen and oxygen atoms in total. The van der Waals surface area contributed by atoms with Crippen LogP contribution in [0.2, 0.25) is 0 Å². The van der Waals surface area contributed by atoms with Gasteiger partial charge in [-0.3, -0.25) is 5.41 Å². The molecular formula is C10H15N3O. The van der Waals surface area contributed by atoms with Crippen LogP contribution in [0.5, 0.6) is 5.88 Å². The highest BCUT2D eigenvalue weighted by molar-refractivity contribution is 5.93. The Bertz CT molecular complexity index is 312. The third-order valence-corrected chi connectivity index (χ3v) is 1.75. The van der Waals surface area contributed by atoms with E-state index in [1.807, 2.05) is 0 Å². The Morgan fingerprint density at radius 2 is 2.36 bits per heavy atom. The molecule has 0 unspecified atom stereocenters. The number of unbranched alkanes of at least 4 members (excludes halogenated alkanes) is 1. The lowest BCUT2D eigenvalue weighted by Crippen LogP contribution is -2.13. The Morgan fingerprint density at radius 3 is 3.00 bits per heavy atom. The summed E-state index contributed by atoms with van der Waals surface area (Å²) in [6, 6.07) is 5.24. The van der Waals surface area contributed by atoms with Gasteiger partial charge >= 0.3 is 0 Å². The lowest BCUT2D eigenvalue weighted by atomic mass is 10.3. The van der Waals surface area contributed by atoms with E-state index >= 15 is 0 Å². The van der Waals surface area contributed by atoms with Crippen LogP contribution in [-0.4, -0.2) is 17.4 Å². The predicted octanol–water partition coefficient (Wildman–Crippen LogP) is 1.54. The number of amidine groups is 1. The second kappa shape index (κ2) is 5.21. The lowest BCUT2D eigenvalue weighted by molar-refractivity contribution is 0.297. The summed E-state index contributed by atoms with van der Waals surface area (Å²) in [6.45, 7) is 2.76. The number of nitrogens with two attached hydrogens (primary N) is 1. The Kier molecular flexibility index (Phi) is 3.91. The average Bonchev–Trinajstić information content (AvgIpc) is 2.19. The molecule has 0 saturated heterocycles. The first-order valence-electron chi connectivity index (χ1n) is 4.68. The highest BCUT2D eigenvalue weighted by atomic mass is 16.5. The molecule has 0 fully saturated rings. The first-order chi connectivity index (χ1) is 6.74. The summed E-state index contributed by atoms with van der Waals surface area (Å²) in [6.07, 6.45) is 2.10. The van der Waals surface area contributed by atoms with Crippen molar-refractivity contribution in [3.63, 3.8) is 0 Å². The van der Waals surface area contributed by atoms with Crippen molar-refractivity contribution in [1.82, 2.24) is 4.98 Å². The number of nitrogen functional groups attached to an aromatic ring is 1. The zero-order valence-electron chi connectivity index (χ0n) is 8.29. The fourth-order valence-electron chi connectivity index (χ4n) is 0.966. The number of hydrogen-bond donors (Lipinski definition) is 2. The van der Waals surface area contributed by atoms with Crippen LogP contribution in [0.4, 0.5) is 0 Å². The Labute approximate surface area is 83.6 Å². The van der Waals surface area contributed by atoms with Crippen molar-refractivity contribution in [3.8, 4) is 5.88 Å². The van der Waals surface area contributed by atoms with Gasteiger partial charge in [-0.2, -0.15) is 0 Å². The molecule has 0 bridgehead atoms. The molecule has 1 aromatic heterocycles. The van der Waals surface area contributed by atoms with E-state index in [0.717, 1.165) is 12.8 Å². The number of rotatable bonds is 5. The SMILES string of the molecule is CCCCOc1cccc(C(=N)N)n1. The first-order valence-corrected chi connectivity index (χ1v) is 4.68. The summed E-state index contributed by atoms with van der Waals surface area (Å²) in [4.78, 5) is 4.07. The summed E-state index contributed by atoms with van der Waals surface area (Å²) >= 11 is 0. The summed E-state index contributed by atoms with van der Waals surface area (Å²) in [5, 5.41) is 7.20. The van der Waals surface area contributed by atoms with E-state index in [1.165, 1.54) is 0 Å². The minimum Gasteiger partial charge on any atom is -0.478 e. The van der Waals surface area contributed by atoms with Gasteiger partial charge in [-0.15, -0.1) is 0 Å². The van der Waals surface area contributed by atoms with Gasteiger partial charge < -0.3 is 10.5 Å². The molecule has 0 amide bonds. The quantitative estimate of drug-likeness (QED) is 0.423. The van der Waals surface area contributed by atoms with Crippen molar-refractivity contribution in [1.29, 1.82) is 5.41 Å². The van der Waals surface area contributed by atoms with Gasteiger partial charge in [0, 0.05) is 6.07 Å². The molecule has 0 aliphatic heterocycles. The van der Waals surface area contributed by atoms with Crippen molar-refractivity contribution >= 4 is 5.84 Å². The Balaban J connectivity index is 2.59. The fourth-order valence-corrected chi connectivity index (χ4v) is 0.966. The van der Waals surface area contributed by atoms with Crippen LogP contribution in [0.25, 0.3) is 0 Å². The van der Waals surface area contributed by atoms with E-state index < -0.39 is 0 Å². The van der Waals surface area contributed by atoms with Gasteiger partial charge in [-0.25, -0.2) is 4.98 Å². The largest absolute Gasteiger partial charge is 0.478 e. The third kappa shape index (κ3) is 3.05. The molecular weight excluding hydrogens is 178 g/mol. The van der Waals surface area contributed by atoms with Crippen LogP contribution >= 0.6 is 0 Å². The molecule has 14 heavy (non-hydrogen) atoms. The number of pyridine rings is 1. The molecule has 0 radical (unpaired) electrons. The molecule has 0 saturated carbocycles. The van der Waals surface area contributed by atoms with Gasteiger partial charge in [-0.05, 0) is 12.5 Å². The first kappa shape index (κ1) is 10.5. The van der Waals surface area contributed by atoms with Crippen LogP contribution in [0, 0.1) is 5.41 Å². The van der Waals surface area contributed by atoms with Gasteiger partial charge in [-0.1, -0.05) is 19.4 Å². The molecule has 1 heterocycles. The second-order valence-electron chi connectivity index (χ2n) is 2.98. The zero-order chi connectivity index (χ0) is 10.4. The minimum atomic E-state index is -0.0362. The smallest absolute Gasteiger partial charge is 0.213 e. The number of aromatic nitrogens is 1. The monoisotopic (exact) mass is 193 g/mol. The molecule has 1 aromatic rings. The summed E-state index contributed by atoms with van der Waals surface area (Å²) in [5.41, 5.74) is 5.76. The van der Waals surface area contributed by atoms with Crippen LogP contribution in [0.1, 0.15) is 25.5 Å². The third-order valence-electron chi connectivity index (χ3n) is 1.75. The number of nitrogens with zero attached hydrogens (tertiary/aromatic N) is 1. The normalized spacial score (nSPS) is 9.79. The topological polar surface area (TPSA) is 72.0 Å². The van der Waals surface area contributed by atoms with Crippen molar-refractivity contribution in [2.75, 3.05) is 6.61 Å². The van der Waals surface area contributed by atoms with Crippen molar-refractivity contribution in [3.05, 3.63) is 23.9 Å². The number of ether oxygens (including phenoxy) is 1. The molecule has 0 aliphatic carbocycles. The predicted molar refractivity (Wildman–Crippen MR) is 55.7 cm³/mol. The summed E-state index contributed by atoms with van der Waals surface area (Å²) in [5.74, 6) is 0.497. The maximum absolute atomic E-state index is 7.20. The summed E-state index contributed by atoms with van der Waals surface area (Å²) < 4.78 is 5.37. The second-order valence-corrected chi connectivity index (χ2v) is 2.98. The van der Waals surface area contributed by atoms with E-state index in [0.29, 0.717) is 18.2 Å². The van der Waals surface area contributed by atoms with Gasteiger partial charge in [0.15, 0.2) is 0 Å². The summed E-state index contributed by atoms with van der Waals surface area (Å²) in [7, 11) is 0. The van der Waals surface area contributed by atoms with E-state index in [-0.39, 0.29) is 5.84 Å². The van der Waals surface area contributed by atoms with Crippen molar-refractivity contribution in [2.45, 2.75) is 19.8 Å². The number of hydrogen-bond acceptors (Lipinski definition) is 3. The highest BCUT2D eigenvalue weighted by Gasteiger charge is 2.00. The molecule has 4 heteroatoms. The molecule has 76 valence electrons. The molecule has 0 spiro atoms. The van der Waals surface area contributed by atoms with E-state index in [1.54, 1.807) is 18.2 Å². The molecule has 0 aliphatic rings. The van der Waals surface area contributed by atoms with Crippen LogP contribution in [0.15, 0.2) is 18.2 Å². The highest BCUT2D eigenvalue weighted by Crippen LogP contribution is 2.07. The fraction of sp³-hybridized carbons (Fsp3) is 0.400. The van der Waals surface area contributed by atoms with Gasteiger partial charge in [0.1, 0.15) is 11.5 Å². The Hall–Kier alpha value is -1.58. The Morgan fingerprint density at radius 1 is 1.57 bits per heavy atom. The average molecular weight is 193 g/mol. The number of nitrogens with one attached hydrogen (secondary N) is 1. The lowest BCUT2D eigenvalue weighted by Gasteiger charge is -2.05. The molecule has 0 aromatic carbocycles. The standard InChI is InChI=1S/C10H15N3O/c1-2-3-7-14-9-6-4-5-8(13-9)10(11)12/h4-6H,2-3,7H2,1H3,(H3,11,12). The van der Waals surface area contributed by atoms with Crippen LogP contribution in [-0.2, 0) is 0 Å². The van der Waals surface area contributed by atoms with Gasteiger partial charge in [0.25, 0.3) is 0 Å². The molecule has 3 N–H and O–H groups in total. The van der Waals surface area contributed by atoms with Gasteiger partial charge in [0.05, 0.1) is 6.61 Å².